The number of anilines is 1. The number of nitrogens with zero attached hydrogens (tertiary/aromatic N) is 3. The Hall–Kier alpha value is -3.07. The lowest BCUT2D eigenvalue weighted by Gasteiger charge is -2.23. The first-order valence-electron chi connectivity index (χ1n) is 11.4. The highest BCUT2D eigenvalue weighted by atomic mass is 79.9. The molecule has 0 radical (unpaired) electrons. The van der Waals surface area contributed by atoms with Gasteiger partial charge in [-0.25, -0.2) is 13.5 Å². The first-order chi connectivity index (χ1) is 16.9. The predicted molar refractivity (Wildman–Crippen MR) is 136 cm³/mol. The van der Waals surface area contributed by atoms with E-state index in [1.54, 1.807) is 18.2 Å². The van der Waals surface area contributed by atoms with Crippen LogP contribution in [-0.2, 0) is 11.2 Å². The summed E-state index contributed by atoms with van der Waals surface area (Å²) in [5.41, 5.74) is 10.4. The van der Waals surface area contributed by atoms with Crippen molar-refractivity contribution in [1.82, 2.24) is 14.7 Å². The van der Waals surface area contributed by atoms with E-state index in [-0.39, 0.29) is 24.0 Å². The van der Waals surface area contributed by atoms with Crippen molar-refractivity contribution in [2.45, 2.75) is 25.7 Å². The summed E-state index contributed by atoms with van der Waals surface area (Å²) in [5.74, 6) is -0.638. The van der Waals surface area contributed by atoms with E-state index in [0.29, 0.717) is 18.7 Å². The van der Waals surface area contributed by atoms with Crippen LogP contribution in [0.5, 0.6) is 0 Å². The van der Waals surface area contributed by atoms with Crippen LogP contribution in [0, 0.1) is 11.6 Å². The van der Waals surface area contributed by atoms with E-state index in [1.807, 2.05) is 42.1 Å². The summed E-state index contributed by atoms with van der Waals surface area (Å²) in [6.45, 7) is 3.41. The van der Waals surface area contributed by atoms with Crippen LogP contribution in [0.1, 0.15) is 24.3 Å². The van der Waals surface area contributed by atoms with Gasteiger partial charge in [-0.3, -0.25) is 4.90 Å². The van der Waals surface area contributed by atoms with Crippen LogP contribution in [0.2, 0.25) is 0 Å². The SMILES string of the molecule is C[C@@H]1CN(CCc2cc(N)cc(F)c2)[C@@H](c2cn(-c3ccc(Br)cc3)nc2-c2ccc(F)cc2)O1. The Morgan fingerprint density at radius 2 is 1.77 bits per heavy atom. The maximum atomic E-state index is 13.8. The normalized spacial score (nSPS) is 18.3. The lowest BCUT2D eigenvalue weighted by Crippen LogP contribution is -2.27. The Morgan fingerprint density at radius 3 is 2.49 bits per heavy atom. The van der Waals surface area contributed by atoms with E-state index in [1.165, 1.54) is 24.3 Å². The van der Waals surface area contributed by atoms with Crippen LogP contribution in [0.15, 0.2) is 77.4 Å². The molecule has 0 bridgehead atoms. The minimum atomic E-state index is -0.347. The predicted octanol–water partition coefficient (Wildman–Crippen LogP) is 6.12. The highest BCUT2D eigenvalue weighted by molar-refractivity contribution is 9.10. The average Bonchev–Trinajstić information content (AvgIpc) is 3.41. The van der Waals surface area contributed by atoms with Crippen LogP contribution in [-0.4, -0.2) is 33.9 Å². The zero-order valence-electron chi connectivity index (χ0n) is 19.2. The molecule has 180 valence electrons. The van der Waals surface area contributed by atoms with Gasteiger partial charge in [0.2, 0.25) is 0 Å². The minimum Gasteiger partial charge on any atom is -0.399 e. The fourth-order valence-electron chi connectivity index (χ4n) is 4.47. The van der Waals surface area contributed by atoms with Gasteiger partial charge in [-0.15, -0.1) is 0 Å². The molecule has 2 atom stereocenters. The summed E-state index contributed by atoms with van der Waals surface area (Å²) in [6.07, 6.45) is 2.26. The topological polar surface area (TPSA) is 56.3 Å². The van der Waals surface area contributed by atoms with Gasteiger partial charge in [0, 0.05) is 40.6 Å². The maximum absolute atomic E-state index is 13.8. The standard InChI is InChI=1S/C27H25BrF2N4O/c1-17-15-33(11-10-18-12-22(30)14-23(31)13-18)27(35-17)25-16-34(24-8-4-20(28)5-9-24)32-26(25)19-2-6-21(29)7-3-19/h2-9,12-14,16-17,27H,10-11,15,31H2,1H3/t17-,27-/m1/s1. The van der Waals surface area contributed by atoms with Crippen molar-refractivity contribution in [1.29, 1.82) is 0 Å². The van der Waals surface area contributed by atoms with E-state index < -0.39 is 0 Å². The van der Waals surface area contributed by atoms with Crippen molar-refractivity contribution in [2.24, 2.45) is 0 Å². The van der Waals surface area contributed by atoms with E-state index >= 15 is 0 Å². The van der Waals surface area contributed by atoms with Crippen molar-refractivity contribution in [3.63, 3.8) is 0 Å². The van der Waals surface area contributed by atoms with Gasteiger partial charge in [0.1, 0.15) is 17.9 Å². The van der Waals surface area contributed by atoms with Crippen molar-refractivity contribution in [2.75, 3.05) is 18.8 Å². The minimum absolute atomic E-state index is 0.00896. The number of benzene rings is 3. The number of hydrogen-bond acceptors (Lipinski definition) is 4. The van der Waals surface area contributed by atoms with Gasteiger partial charge in [-0.05, 0) is 85.6 Å². The molecule has 2 heterocycles. The third-order valence-electron chi connectivity index (χ3n) is 6.07. The fraction of sp³-hybridized carbons (Fsp3) is 0.222. The second-order valence-corrected chi connectivity index (χ2v) is 9.71. The molecule has 1 aliphatic heterocycles. The molecular weight excluding hydrogens is 514 g/mol. The second kappa shape index (κ2) is 9.89. The van der Waals surface area contributed by atoms with Crippen LogP contribution in [0.25, 0.3) is 16.9 Å². The number of ether oxygens (including phenoxy) is 1. The summed E-state index contributed by atoms with van der Waals surface area (Å²) in [7, 11) is 0. The Labute approximate surface area is 211 Å². The monoisotopic (exact) mass is 538 g/mol. The molecule has 0 saturated carbocycles. The Morgan fingerprint density at radius 1 is 1.03 bits per heavy atom. The van der Waals surface area contributed by atoms with Crippen LogP contribution in [0.4, 0.5) is 14.5 Å². The lowest BCUT2D eigenvalue weighted by molar-refractivity contribution is 0.00521. The first-order valence-corrected chi connectivity index (χ1v) is 12.2. The molecule has 0 spiro atoms. The van der Waals surface area contributed by atoms with Crippen LogP contribution in [0.3, 0.4) is 0 Å². The van der Waals surface area contributed by atoms with Gasteiger partial charge >= 0.3 is 0 Å². The number of aromatic nitrogens is 2. The van der Waals surface area contributed by atoms with Gasteiger partial charge in [0.15, 0.2) is 0 Å². The molecular formula is C27H25BrF2N4O. The van der Waals surface area contributed by atoms with Crippen molar-refractivity contribution in [3.8, 4) is 16.9 Å². The molecule has 8 heteroatoms. The number of nitrogens with two attached hydrogens (primary N) is 1. The zero-order valence-corrected chi connectivity index (χ0v) is 20.8. The molecule has 1 fully saturated rings. The van der Waals surface area contributed by atoms with Crippen LogP contribution < -0.4 is 5.73 Å². The third-order valence-corrected chi connectivity index (χ3v) is 6.60. The van der Waals surface area contributed by atoms with E-state index in [0.717, 1.165) is 39.1 Å². The fourth-order valence-corrected chi connectivity index (χ4v) is 4.74. The molecule has 0 unspecified atom stereocenters. The van der Waals surface area contributed by atoms with E-state index in [4.69, 9.17) is 15.6 Å². The van der Waals surface area contributed by atoms with Gasteiger partial charge in [0.05, 0.1) is 17.5 Å². The summed E-state index contributed by atoms with van der Waals surface area (Å²) >= 11 is 3.47. The quantitative estimate of drug-likeness (QED) is 0.300. The summed E-state index contributed by atoms with van der Waals surface area (Å²) in [5, 5.41) is 4.86. The number of rotatable bonds is 6. The van der Waals surface area contributed by atoms with Gasteiger partial charge in [0.25, 0.3) is 0 Å². The first kappa shape index (κ1) is 23.7. The molecule has 35 heavy (non-hydrogen) atoms. The average molecular weight is 539 g/mol. The second-order valence-electron chi connectivity index (χ2n) is 8.80. The van der Waals surface area contributed by atoms with Crippen molar-refractivity contribution < 1.29 is 13.5 Å². The smallest absolute Gasteiger partial charge is 0.140 e. The molecule has 5 nitrogen and oxygen atoms in total. The Bertz CT molecular complexity index is 1300. The summed E-state index contributed by atoms with van der Waals surface area (Å²) in [4.78, 5) is 2.22. The van der Waals surface area contributed by atoms with Crippen molar-refractivity contribution in [3.05, 3.63) is 100 Å². The molecule has 4 aromatic rings. The molecule has 1 aromatic heterocycles. The maximum Gasteiger partial charge on any atom is 0.140 e. The molecule has 1 aliphatic rings. The lowest BCUT2D eigenvalue weighted by atomic mass is 10.1. The van der Waals surface area contributed by atoms with E-state index in [9.17, 15) is 8.78 Å². The largest absolute Gasteiger partial charge is 0.399 e. The van der Waals surface area contributed by atoms with E-state index in [2.05, 4.69) is 20.8 Å². The van der Waals surface area contributed by atoms with Gasteiger partial charge in [-0.2, -0.15) is 5.10 Å². The Kier molecular flexibility index (Phi) is 6.69. The van der Waals surface area contributed by atoms with Crippen LogP contribution >= 0.6 is 15.9 Å². The molecule has 5 rings (SSSR count). The van der Waals surface area contributed by atoms with Gasteiger partial charge < -0.3 is 10.5 Å². The molecule has 0 amide bonds. The highest BCUT2D eigenvalue weighted by Gasteiger charge is 2.34. The zero-order chi connectivity index (χ0) is 24.5. The molecule has 1 saturated heterocycles. The number of hydrogen-bond donors (Lipinski definition) is 1. The van der Waals surface area contributed by atoms with Crippen molar-refractivity contribution >= 4 is 21.6 Å². The summed E-state index contributed by atoms with van der Waals surface area (Å²) in [6, 6.07) is 18.8. The van der Waals surface area contributed by atoms with Gasteiger partial charge in [-0.1, -0.05) is 15.9 Å². The number of halogens is 3. The molecule has 3 aromatic carbocycles. The summed E-state index contributed by atoms with van der Waals surface area (Å²) < 4.78 is 36.6. The Balaban J connectivity index is 1.50. The third kappa shape index (κ3) is 5.29. The highest BCUT2D eigenvalue weighted by Crippen LogP contribution is 2.37. The molecule has 0 aliphatic carbocycles. The number of nitrogen functional groups attached to an aromatic ring is 1. The molecule has 2 N–H and O–H groups in total.